The Kier molecular flexibility index (Phi) is 4.79. The van der Waals surface area contributed by atoms with Gasteiger partial charge in [0, 0.05) is 36.9 Å². The normalized spacial score (nSPS) is 28.5. The molecule has 1 aliphatic carbocycles. The first kappa shape index (κ1) is 18.4. The van der Waals surface area contributed by atoms with Gasteiger partial charge >= 0.3 is 0 Å². The second kappa shape index (κ2) is 7.30. The molecule has 2 N–H and O–H groups in total. The predicted octanol–water partition coefficient (Wildman–Crippen LogP) is 1.30. The van der Waals surface area contributed by atoms with Gasteiger partial charge in [-0.05, 0) is 37.8 Å². The standard InChI is InChI=1S/C20H26N4O3S/c21-11-15-14-3-5-20(26-8-9-27-20)10-17(14)28-19(15)24-7-4-13(12-24)23-18(25)16-2-1-6-22-16/h13,16,22H,1-10,12H2,(H,23,25)/t13-,16-/m0/s1. The number of carbonyl (C=O) groups excluding carboxylic acids is 1. The van der Waals surface area contributed by atoms with E-state index in [1.807, 2.05) is 0 Å². The Balaban J connectivity index is 1.30. The minimum absolute atomic E-state index is 0.0413. The molecule has 1 amide bonds. The molecule has 0 unspecified atom stereocenters. The predicted molar refractivity (Wildman–Crippen MR) is 105 cm³/mol. The van der Waals surface area contributed by atoms with Crippen LogP contribution in [0.5, 0.6) is 0 Å². The lowest BCUT2D eigenvalue weighted by Crippen LogP contribution is -2.46. The number of ether oxygens (including phenoxy) is 2. The van der Waals surface area contributed by atoms with Crippen molar-refractivity contribution >= 4 is 22.2 Å². The molecule has 3 fully saturated rings. The summed E-state index contributed by atoms with van der Waals surface area (Å²) < 4.78 is 11.8. The van der Waals surface area contributed by atoms with Crippen molar-refractivity contribution in [2.45, 2.75) is 56.4 Å². The highest BCUT2D eigenvalue weighted by atomic mass is 32.1. The van der Waals surface area contributed by atoms with E-state index in [-0.39, 0.29) is 18.0 Å². The molecule has 2 atom stereocenters. The molecule has 0 radical (unpaired) electrons. The van der Waals surface area contributed by atoms with Crippen LogP contribution in [-0.2, 0) is 27.1 Å². The van der Waals surface area contributed by atoms with Crippen molar-refractivity contribution in [2.75, 3.05) is 37.7 Å². The lowest BCUT2D eigenvalue weighted by Gasteiger charge is -2.31. The highest BCUT2D eigenvalue weighted by Crippen LogP contribution is 2.45. The quantitative estimate of drug-likeness (QED) is 0.793. The molecule has 0 saturated carbocycles. The largest absolute Gasteiger partial charge is 0.360 e. The Bertz CT molecular complexity index is 805. The van der Waals surface area contributed by atoms with Gasteiger partial charge in [-0.1, -0.05) is 0 Å². The van der Waals surface area contributed by atoms with Crippen molar-refractivity contribution in [3.63, 3.8) is 0 Å². The molecule has 4 heterocycles. The van der Waals surface area contributed by atoms with Gasteiger partial charge < -0.3 is 25.0 Å². The zero-order chi connectivity index (χ0) is 19.1. The molecule has 0 aromatic carbocycles. The number of nitrogens with zero attached hydrogens (tertiary/aromatic N) is 2. The molecule has 5 rings (SSSR count). The molecular weight excluding hydrogens is 376 g/mol. The molecule has 150 valence electrons. The van der Waals surface area contributed by atoms with Gasteiger partial charge in [0.25, 0.3) is 0 Å². The number of fused-ring (bicyclic) bond motifs is 1. The zero-order valence-corrected chi connectivity index (χ0v) is 16.8. The number of amides is 1. The first-order chi connectivity index (χ1) is 13.7. The second-order valence-corrected chi connectivity index (χ2v) is 9.25. The summed E-state index contributed by atoms with van der Waals surface area (Å²) in [6, 6.07) is 2.56. The van der Waals surface area contributed by atoms with Gasteiger partial charge in [-0.25, -0.2) is 0 Å². The molecule has 1 aromatic heterocycles. The molecule has 4 aliphatic rings. The van der Waals surface area contributed by atoms with E-state index in [1.54, 1.807) is 11.3 Å². The summed E-state index contributed by atoms with van der Waals surface area (Å²) in [4.78, 5) is 15.9. The number of carbonyl (C=O) groups is 1. The third kappa shape index (κ3) is 3.20. The fraction of sp³-hybridized carbons (Fsp3) is 0.700. The van der Waals surface area contributed by atoms with E-state index in [9.17, 15) is 10.1 Å². The minimum atomic E-state index is -0.475. The molecule has 3 saturated heterocycles. The van der Waals surface area contributed by atoms with Crippen molar-refractivity contribution in [3.05, 3.63) is 16.0 Å². The van der Waals surface area contributed by atoms with Gasteiger partial charge in [0.15, 0.2) is 5.79 Å². The van der Waals surface area contributed by atoms with Crippen LogP contribution in [-0.4, -0.2) is 56.6 Å². The van der Waals surface area contributed by atoms with Crippen LogP contribution in [0.4, 0.5) is 5.00 Å². The highest BCUT2D eigenvalue weighted by Gasteiger charge is 2.42. The van der Waals surface area contributed by atoms with E-state index in [2.05, 4.69) is 21.6 Å². The van der Waals surface area contributed by atoms with E-state index >= 15 is 0 Å². The lowest BCUT2D eigenvalue weighted by molar-refractivity contribution is -0.163. The van der Waals surface area contributed by atoms with Gasteiger partial charge in [-0.2, -0.15) is 5.26 Å². The van der Waals surface area contributed by atoms with Crippen LogP contribution in [0.15, 0.2) is 0 Å². The fourth-order valence-corrected chi connectivity index (χ4v) is 6.33. The van der Waals surface area contributed by atoms with Gasteiger partial charge in [0.05, 0.1) is 24.8 Å². The van der Waals surface area contributed by atoms with Crippen molar-refractivity contribution in [1.29, 1.82) is 5.26 Å². The Morgan fingerprint density at radius 3 is 2.96 bits per heavy atom. The minimum Gasteiger partial charge on any atom is -0.360 e. The molecule has 1 spiro atoms. The Hall–Kier alpha value is -1.66. The van der Waals surface area contributed by atoms with Gasteiger partial charge in [0.1, 0.15) is 11.1 Å². The zero-order valence-electron chi connectivity index (χ0n) is 16.0. The monoisotopic (exact) mass is 402 g/mol. The molecule has 28 heavy (non-hydrogen) atoms. The number of nitriles is 1. The number of anilines is 1. The smallest absolute Gasteiger partial charge is 0.237 e. The third-order valence-corrected chi connectivity index (χ3v) is 7.67. The summed E-state index contributed by atoms with van der Waals surface area (Å²) in [6.07, 6.45) is 5.29. The number of hydrogen-bond acceptors (Lipinski definition) is 7. The third-order valence-electron chi connectivity index (χ3n) is 6.38. The fourth-order valence-electron chi connectivity index (χ4n) is 4.91. The average Bonchev–Trinajstić information content (AvgIpc) is 3.48. The molecule has 7 nitrogen and oxygen atoms in total. The average molecular weight is 403 g/mol. The van der Waals surface area contributed by atoms with E-state index < -0.39 is 5.79 Å². The van der Waals surface area contributed by atoms with Crippen LogP contribution in [0.3, 0.4) is 0 Å². The van der Waals surface area contributed by atoms with Crippen LogP contribution in [0.1, 0.15) is 41.7 Å². The first-order valence-electron chi connectivity index (χ1n) is 10.3. The second-order valence-electron chi connectivity index (χ2n) is 8.17. The van der Waals surface area contributed by atoms with E-state index in [1.165, 1.54) is 10.4 Å². The maximum atomic E-state index is 12.4. The summed E-state index contributed by atoms with van der Waals surface area (Å²) in [5.41, 5.74) is 1.99. The SMILES string of the molecule is N#Cc1c(N2CC[C@H](NC(=O)[C@@H]3CCCN3)C2)sc2c1CCC1(C2)OCCO1. The van der Waals surface area contributed by atoms with Crippen LogP contribution < -0.4 is 15.5 Å². The van der Waals surface area contributed by atoms with Crippen LogP contribution in [0.2, 0.25) is 0 Å². The highest BCUT2D eigenvalue weighted by molar-refractivity contribution is 7.16. The number of thiophene rings is 1. The summed E-state index contributed by atoms with van der Waals surface area (Å²) >= 11 is 1.71. The lowest BCUT2D eigenvalue weighted by atomic mass is 9.91. The van der Waals surface area contributed by atoms with Crippen molar-refractivity contribution < 1.29 is 14.3 Å². The molecule has 1 aromatic rings. The van der Waals surface area contributed by atoms with Crippen LogP contribution >= 0.6 is 11.3 Å². The van der Waals surface area contributed by atoms with Crippen molar-refractivity contribution in [1.82, 2.24) is 10.6 Å². The summed E-state index contributed by atoms with van der Waals surface area (Å²) in [5, 5.41) is 17.3. The van der Waals surface area contributed by atoms with Gasteiger partial charge in [0.2, 0.25) is 5.91 Å². The Morgan fingerprint density at radius 2 is 2.21 bits per heavy atom. The van der Waals surface area contributed by atoms with Crippen molar-refractivity contribution in [3.8, 4) is 6.07 Å². The maximum absolute atomic E-state index is 12.4. The molecule has 8 heteroatoms. The number of hydrogen-bond donors (Lipinski definition) is 2. The van der Waals surface area contributed by atoms with Crippen LogP contribution in [0.25, 0.3) is 0 Å². The van der Waals surface area contributed by atoms with Crippen LogP contribution in [0, 0.1) is 11.3 Å². The Morgan fingerprint density at radius 1 is 1.36 bits per heavy atom. The summed E-state index contributed by atoms with van der Waals surface area (Å²) in [7, 11) is 0. The number of nitrogens with one attached hydrogen (secondary N) is 2. The molecular formula is C20H26N4O3S. The first-order valence-corrected chi connectivity index (χ1v) is 11.1. The number of rotatable bonds is 3. The van der Waals surface area contributed by atoms with E-state index in [0.29, 0.717) is 13.2 Å². The van der Waals surface area contributed by atoms with Crippen molar-refractivity contribution in [2.24, 2.45) is 0 Å². The topological polar surface area (TPSA) is 86.6 Å². The summed E-state index contributed by atoms with van der Waals surface area (Å²) in [5.74, 6) is -0.356. The summed E-state index contributed by atoms with van der Waals surface area (Å²) in [6.45, 7) is 3.88. The van der Waals surface area contributed by atoms with Gasteiger partial charge in [-0.3, -0.25) is 4.79 Å². The molecule has 3 aliphatic heterocycles. The maximum Gasteiger partial charge on any atom is 0.237 e. The Labute approximate surface area is 169 Å². The van der Waals surface area contributed by atoms with E-state index in [0.717, 1.165) is 68.7 Å². The van der Waals surface area contributed by atoms with E-state index in [4.69, 9.17) is 9.47 Å². The van der Waals surface area contributed by atoms with Gasteiger partial charge in [-0.15, -0.1) is 11.3 Å². The molecule has 0 bridgehead atoms.